The van der Waals surface area contributed by atoms with Crippen molar-refractivity contribution in [1.29, 1.82) is 0 Å². The van der Waals surface area contributed by atoms with Crippen LogP contribution in [0.3, 0.4) is 0 Å². The van der Waals surface area contributed by atoms with Crippen LogP contribution in [0, 0.1) is 0 Å². The molecular formula is C12H27N5O. The first-order valence-electron chi connectivity index (χ1n) is 6.60. The Morgan fingerprint density at radius 2 is 2.00 bits per heavy atom. The Balaban J connectivity index is 0. The monoisotopic (exact) mass is 257 g/mol. The number of aryl methyl sites for hydroxylation is 1. The van der Waals surface area contributed by atoms with E-state index < -0.39 is 0 Å². The highest BCUT2D eigenvalue weighted by Crippen LogP contribution is 1.92. The van der Waals surface area contributed by atoms with Gasteiger partial charge in [-0.25, -0.2) is 0 Å². The normalized spacial score (nSPS) is 8.72. The lowest BCUT2D eigenvalue weighted by molar-refractivity contribution is -0.117. The van der Waals surface area contributed by atoms with E-state index in [1.165, 1.54) is 0 Å². The number of hydrogen-bond donors (Lipinski definition) is 2. The number of hydrogen-bond acceptors (Lipinski definition) is 4. The molecule has 0 bridgehead atoms. The predicted molar refractivity (Wildman–Crippen MR) is 74.2 cm³/mol. The molecule has 0 atom stereocenters. The van der Waals surface area contributed by atoms with Crippen molar-refractivity contribution in [3.05, 3.63) is 11.9 Å². The van der Waals surface area contributed by atoms with Crippen molar-refractivity contribution in [2.75, 3.05) is 13.1 Å². The van der Waals surface area contributed by atoms with Crippen molar-refractivity contribution >= 4 is 5.91 Å². The average Bonchev–Trinajstić information content (AvgIpc) is 2.87. The van der Waals surface area contributed by atoms with Crippen LogP contribution in [0.25, 0.3) is 0 Å². The highest BCUT2D eigenvalue weighted by atomic mass is 16.1. The highest BCUT2D eigenvalue weighted by molar-refractivity contribution is 5.75. The molecule has 1 aromatic rings. The van der Waals surface area contributed by atoms with Gasteiger partial charge in [0.15, 0.2) is 0 Å². The summed E-state index contributed by atoms with van der Waals surface area (Å²) in [7, 11) is 0. The summed E-state index contributed by atoms with van der Waals surface area (Å²) in [6.07, 6.45) is 2.78. The fourth-order valence-electron chi connectivity index (χ4n) is 1.02. The van der Waals surface area contributed by atoms with E-state index in [0.29, 0.717) is 13.1 Å². The summed E-state index contributed by atoms with van der Waals surface area (Å²) in [5.41, 5.74) is 5.93. The van der Waals surface area contributed by atoms with Gasteiger partial charge in [-0.3, -0.25) is 9.48 Å². The standard InChI is InChI=1S/C8H15N5O.2C2H6/c1-2-7-6-13(12-11-7)4-3-10-5-8(9)14;2*1-2/h6,10H,2-5H2,1H3,(H2,9,14);2*1-2H3. The van der Waals surface area contributed by atoms with E-state index in [-0.39, 0.29) is 12.5 Å². The van der Waals surface area contributed by atoms with Gasteiger partial charge in [0.05, 0.1) is 18.8 Å². The third kappa shape index (κ3) is 9.77. The van der Waals surface area contributed by atoms with Gasteiger partial charge in [0.2, 0.25) is 5.91 Å². The number of carbonyl (C=O) groups excluding carboxylic acids is 1. The molecule has 0 radical (unpaired) electrons. The van der Waals surface area contributed by atoms with Crippen LogP contribution in [0.5, 0.6) is 0 Å². The maximum atomic E-state index is 10.4. The zero-order valence-electron chi connectivity index (χ0n) is 12.2. The van der Waals surface area contributed by atoms with Crippen molar-refractivity contribution < 1.29 is 4.79 Å². The van der Waals surface area contributed by atoms with Crippen molar-refractivity contribution in [3.63, 3.8) is 0 Å². The molecule has 106 valence electrons. The molecule has 0 aliphatic carbocycles. The average molecular weight is 257 g/mol. The summed E-state index contributed by atoms with van der Waals surface area (Å²) in [5, 5.41) is 10.8. The van der Waals surface area contributed by atoms with Crippen LogP contribution in [0.2, 0.25) is 0 Å². The van der Waals surface area contributed by atoms with Crippen molar-refractivity contribution in [1.82, 2.24) is 20.3 Å². The third-order valence-electron chi connectivity index (χ3n) is 1.77. The molecule has 0 fully saturated rings. The quantitative estimate of drug-likeness (QED) is 0.743. The Labute approximate surface area is 110 Å². The lowest BCUT2D eigenvalue weighted by atomic mass is 10.4. The van der Waals surface area contributed by atoms with Crippen LogP contribution >= 0.6 is 0 Å². The molecular weight excluding hydrogens is 230 g/mol. The van der Waals surface area contributed by atoms with Crippen LogP contribution in [0.4, 0.5) is 0 Å². The largest absolute Gasteiger partial charge is 0.369 e. The molecule has 0 unspecified atom stereocenters. The minimum Gasteiger partial charge on any atom is -0.369 e. The molecule has 0 aliphatic heterocycles. The van der Waals surface area contributed by atoms with Crippen molar-refractivity contribution in [2.45, 2.75) is 47.6 Å². The van der Waals surface area contributed by atoms with Gasteiger partial charge in [0.25, 0.3) is 0 Å². The van der Waals surface area contributed by atoms with Crippen LogP contribution in [0.15, 0.2) is 6.20 Å². The first-order chi connectivity index (χ1) is 8.72. The fraction of sp³-hybridized carbons (Fsp3) is 0.750. The topological polar surface area (TPSA) is 85.8 Å². The number of nitrogens with zero attached hydrogens (tertiary/aromatic N) is 3. The summed E-state index contributed by atoms with van der Waals surface area (Å²) < 4.78 is 1.74. The van der Waals surface area contributed by atoms with Crippen molar-refractivity contribution in [3.8, 4) is 0 Å². The van der Waals surface area contributed by atoms with Gasteiger partial charge in [-0.2, -0.15) is 0 Å². The molecule has 0 aromatic carbocycles. The first kappa shape index (κ1) is 18.9. The van der Waals surface area contributed by atoms with Crippen LogP contribution < -0.4 is 11.1 Å². The third-order valence-corrected chi connectivity index (χ3v) is 1.77. The lowest BCUT2D eigenvalue weighted by Crippen LogP contribution is -2.30. The van der Waals surface area contributed by atoms with E-state index >= 15 is 0 Å². The van der Waals surface area contributed by atoms with Gasteiger partial charge in [-0.1, -0.05) is 39.8 Å². The molecule has 3 N–H and O–H groups in total. The van der Waals surface area contributed by atoms with Crippen molar-refractivity contribution in [2.24, 2.45) is 5.73 Å². The minimum atomic E-state index is -0.349. The molecule has 1 rings (SSSR count). The number of rotatable bonds is 6. The van der Waals surface area contributed by atoms with Crippen LogP contribution in [-0.2, 0) is 17.8 Å². The second kappa shape index (κ2) is 13.6. The van der Waals surface area contributed by atoms with E-state index in [9.17, 15) is 4.79 Å². The Morgan fingerprint density at radius 1 is 1.39 bits per heavy atom. The second-order valence-corrected chi connectivity index (χ2v) is 2.97. The zero-order valence-corrected chi connectivity index (χ0v) is 12.2. The first-order valence-corrected chi connectivity index (χ1v) is 6.60. The van der Waals surface area contributed by atoms with Crippen LogP contribution in [0.1, 0.15) is 40.3 Å². The molecule has 0 saturated carbocycles. The number of primary amides is 1. The van der Waals surface area contributed by atoms with E-state index in [2.05, 4.69) is 15.6 Å². The van der Waals surface area contributed by atoms with Gasteiger partial charge >= 0.3 is 0 Å². The molecule has 0 saturated heterocycles. The van der Waals surface area contributed by atoms with Gasteiger partial charge in [0, 0.05) is 12.7 Å². The van der Waals surface area contributed by atoms with Gasteiger partial charge in [-0.05, 0) is 6.42 Å². The summed E-state index contributed by atoms with van der Waals surface area (Å²) in [6.45, 7) is 11.6. The lowest BCUT2D eigenvalue weighted by Gasteiger charge is -2.00. The second-order valence-electron chi connectivity index (χ2n) is 2.97. The summed E-state index contributed by atoms with van der Waals surface area (Å²) >= 11 is 0. The highest BCUT2D eigenvalue weighted by Gasteiger charge is 1.97. The Hall–Kier alpha value is -1.43. The molecule has 6 nitrogen and oxygen atoms in total. The number of carbonyl (C=O) groups is 1. The van der Waals surface area contributed by atoms with Gasteiger partial charge in [-0.15, -0.1) is 5.10 Å². The molecule has 1 amide bonds. The summed E-state index contributed by atoms with van der Waals surface area (Å²) in [4.78, 5) is 10.4. The van der Waals surface area contributed by atoms with Crippen LogP contribution in [-0.4, -0.2) is 34.0 Å². The van der Waals surface area contributed by atoms with E-state index in [0.717, 1.165) is 12.1 Å². The number of aromatic nitrogens is 3. The molecule has 0 spiro atoms. The Kier molecular flexibility index (Phi) is 14.3. The van der Waals surface area contributed by atoms with Gasteiger partial charge < -0.3 is 11.1 Å². The molecule has 6 heteroatoms. The summed E-state index contributed by atoms with van der Waals surface area (Å²) in [5.74, 6) is -0.349. The molecule has 1 heterocycles. The molecule has 18 heavy (non-hydrogen) atoms. The maximum absolute atomic E-state index is 10.4. The van der Waals surface area contributed by atoms with E-state index in [4.69, 9.17) is 5.73 Å². The number of amides is 1. The predicted octanol–water partition coefficient (Wildman–Crippen LogP) is 0.968. The maximum Gasteiger partial charge on any atom is 0.231 e. The SMILES string of the molecule is CC.CC.CCc1cn(CCNCC(N)=O)nn1. The minimum absolute atomic E-state index is 0.204. The fourth-order valence-corrected chi connectivity index (χ4v) is 1.02. The van der Waals surface area contributed by atoms with E-state index in [1.807, 2.05) is 40.8 Å². The Morgan fingerprint density at radius 3 is 2.44 bits per heavy atom. The van der Waals surface area contributed by atoms with Gasteiger partial charge in [0.1, 0.15) is 0 Å². The molecule has 0 aliphatic rings. The molecule has 1 aromatic heterocycles. The number of nitrogens with one attached hydrogen (secondary N) is 1. The smallest absolute Gasteiger partial charge is 0.231 e. The summed E-state index contributed by atoms with van der Waals surface area (Å²) in [6, 6.07) is 0. The zero-order chi connectivity index (χ0) is 14.4. The van der Waals surface area contributed by atoms with E-state index in [1.54, 1.807) is 4.68 Å². The Bertz CT molecular complexity index is 298. The number of nitrogens with two attached hydrogens (primary N) is 1.